The quantitative estimate of drug-likeness (QED) is 0.550. The molecule has 1 aliphatic heterocycles. The van der Waals surface area contributed by atoms with Crippen molar-refractivity contribution in [2.45, 2.75) is 25.0 Å². The van der Waals surface area contributed by atoms with E-state index in [0.717, 1.165) is 48.4 Å². The largest absolute Gasteiger partial charge is 0.362 e. The Morgan fingerprint density at radius 2 is 1.89 bits per heavy atom. The lowest BCUT2D eigenvalue weighted by Crippen LogP contribution is -2.35. The van der Waals surface area contributed by atoms with Crippen molar-refractivity contribution in [3.63, 3.8) is 0 Å². The summed E-state index contributed by atoms with van der Waals surface area (Å²) in [5.41, 5.74) is 2.76. The average Bonchev–Trinajstić information content (AvgIpc) is 3.11. The van der Waals surface area contributed by atoms with E-state index in [2.05, 4.69) is 16.9 Å². The van der Waals surface area contributed by atoms with Crippen LogP contribution in [0.3, 0.4) is 0 Å². The van der Waals surface area contributed by atoms with E-state index in [0.29, 0.717) is 0 Å². The van der Waals surface area contributed by atoms with E-state index in [4.69, 9.17) is 9.72 Å². The number of nitro benzene ring substituents is 1. The molecule has 0 amide bonds. The molecule has 1 atom stereocenters. The second-order valence-electron chi connectivity index (χ2n) is 7.01. The van der Waals surface area contributed by atoms with Crippen molar-refractivity contribution >= 4 is 16.7 Å². The fraction of sp³-hybridized carbons (Fsp3) is 0.350. The summed E-state index contributed by atoms with van der Waals surface area (Å²) < 4.78 is 6.45. The van der Waals surface area contributed by atoms with Crippen LogP contribution in [0.25, 0.3) is 11.0 Å². The number of hydrogen-bond donors (Lipinski definition) is 1. The van der Waals surface area contributed by atoms with E-state index < -0.39 is 4.92 Å². The lowest BCUT2D eigenvalue weighted by molar-refractivity contribution is -0.384. The molecule has 7 nitrogen and oxygen atoms in total. The molecule has 1 fully saturated rings. The Morgan fingerprint density at radius 3 is 2.56 bits per heavy atom. The zero-order valence-corrected chi connectivity index (χ0v) is 15.2. The zero-order valence-electron chi connectivity index (χ0n) is 15.2. The minimum atomic E-state index is -0.391. The SMILES string of the molecule is CN1CCC(OC(c2ccc([N+](=O)[O-])cc2)c2nc3ccccc3[nH]2)CC1. The number of rotatable bonds is 5. The summed E-state index contributed by atoms with van der Waals surface area (Å²) in [6.07, 6.45) is 1.67. The van der Waals surface area contributed by atoms with Crippen molar-refractivity contribution in [2.75, 3.05) is 20.1 Å². The number of fused-ring (bicyclic) bond motifs is 1. The van der Waals surface area contributed by atoms with Gasteiger partial charge in [0.05, 0.1) is 22.1 Å². The number of benzene rings is 2. The number of imidazole rings is 1. The van der Waals surface area contributed by atoms with Gasteiger partial charge in [-0.2, -0.15) is 0 Å². The number of para-hydroxylation sites is 2. The van der Waals surface area contributed by atoms with Crippen molar-refractivity contribution < 1.29 is 9.66 Å². The monoisotopic (exact) mass is 366 g/mol. The molecule has 3 aromatic rings. The molecule has 1 aromatic heterocycles. The van der Waals surface area contributed by atoms with Crippen LogP contribution in [0.1, 0.15) is 30.3 Å². The van der Waals surface area contributed by atoms with Gasteiger partial charge in [0, 0.05) is 25.2 Å². The number of nitrogens with zero attached hydrogens (tertiary/aromatic N) is 3. The third-order valence-electron chi connectivity index (χ3n) is 5.06. The van der Waals surface area contributed by atoms with Gasteiger partial charge >= 0.3 is 0 Å². The normalized spacial score (nSPS) is 17.2. The third kappa shape index (κ3) is 3.84. The first-order chi connectivity index (χ1) is 13.1. The van der Waals surface area contributed by atoms with Crippen LogP contribution in [0, 0.1) is 10.1 Å². The summed E-state index contributed by atoms with van der Waals surface area (Å²) in [6.45, 7) is 2.00. The number of piperidine rings is 1. The van der Waals surface area contributed by atoms with Crippen molar-refractivity contribution in [2.24, 2.45) is 0 Å². The minimum Gasteiger partial charge on any atom is -0.362 e. The first kappa shape index (κ1) is 17.6. The molecule has 27 heavy (non-hydrogen) atoms. The van der Waals surface area contributed by atoms with Crippen molar-refractivity contribution in [3.05, 3.63) is 70.0 Å². The van der Waals surface area contributed by atoms with E-state index in [1.165, 1.54) is 12.1 Å². The molecule has 0 aliphatic carbocycles. The second-order valence-corrected chi connectivity index (χ2v) is 7.01. The van der Waals surface area contributed by atoms with Gasteiger partial charge in [0.25, 0.3) is 5.69 Å². The molecule has 140 valence electrons. The van der Waals surface area contributed by atoms with Gasteiger partial charge in [-0.25, -0.2) is 4.98 Å². The summed E-state index contributed by atoms with van der Waals surface area (Å²) in [4.78, 5) is 20.9. The van der Waals surface area contributed by atoms with Crippen LogP contribution < -0.4 is 0 Å². The smallest absolute Gasteiger partial charge is 0.269 e. The molecular weight excluding hydrogens is 344 g/mol. The van der Waals surface area contributed by atoms with Crippen molar-refractivity contribution in [3.8, 4) is 0 Å². The highest BCUT2D eigenvalue weighted by Crippen LogP contribution is 2.30. The van der Waals surface area contributed by atoms with Crippen LogP contribution >= 0.6 is 0 Å². The number of ether oxygens (including phenoxy) is 1. The number of H-pyrrole nitrogens is 1. The molecule has 1 aliphatic rings. The fourth-order valence-electron chi connectivity index (χ4n) is 3.48. The lowest BCUT2D eigenvalue weighted by atomic mass is 10.1. The zero-order chi connectivity index (χ0) is 18.8. The van der Waals surface area contributed by atoms with Gasteiger partial charge in [-0.1, -0.05) is 12.1 Å². The number of aromatic amines is 1. The number of nitrogens with one attached hydrogen (secondary N) is 1. The Kier molecular flexibility index (Phi) is 4.87. The molecule has 0 spiro atoms. The lowest BCUT2D eigenvalue weighted by Gasteiger charge is -2.31. The highest BCUT2D eigenvalue weighted by Gasteiger charge is 2.26. The summed E-state index contributed by atoms with van der Waals surface area (Å²) in [5, 5.41) is 11.0. The summed E-state index contributed by atoms with van der Waals surface area (Å²) in [7, 11) is 2.11. The Hall–Kier alpha value is -2.77. The van der Waals surface area contributed by atoms with E-state index in [1.54, 1.807) is 12.1 Å². The first-order valence-electron chi connectivity index (χ1n) is 9.13. The molecular formula is C20H22N4O3. The van der Waals surface area contributed by atoms with Crippen LogP contribution in [0.5, 0.6) is 0 Å². The number of hydrogen-bond acceptors (Lipinski definition) is 5. The maximum Gasteiger partial charge on any atom is 0.269 e. The summed E-state index contributed by atoms with van der Waals surface area (Å²) in [5.74, 6) is 0.726. The highest BCUT2D eigenvalue weighted by molar-refractivity contribution is 5.74. The maximum absolute atomic E-state index is 11.0. The van der Waals surface area contributed by atoms with Crippen LogP contribution in [-0.2, 0) is 4.74 Å². The van der Waals surface area contributed by atoms with Gasteiger partial charge in [0.2, 0.25) is 0 Å². The first-order valence-corrected chi connectivity index (χ1v) is 9.13. The standard InChI is InChI=1S/C20H22N4O3/c1-23-12-10-16(11-13-23)27-19(14-6-8-15(9-7-14)24(25)26)20-21-17-4-2-3-5-18(17)22-20/h2-9,16,19H,10-13H2,1H3,(H,21,22). The average molecular weight is 366 g/mol. The molecule has 0 saturated carbocycles. The highest BCUT2D eigenvalue weighted by atomic mass is 16.6. The van der Waals surface area contributed by atoms with Gasteiger partial charge in [-0.15, -0.1) is 0 Å². The predicted octanol–water partition coefficient (Wildman–Crippen LogP) is 3.67. The molecule has 1 N–H and O–H groups in total. The van der Waals surface area contributed by atoms with Crippen LogP contribution in [-0.4, -0.2) is 46.0 Å². The van der Waals surface area contributed by atoms with Crippen molar-refractivity contribution in [1.29, 1.82) is 0 Å². The molecule has 4 rings (SSSR count). The van der Waals surface area contributed by atoms with Gasteiger partial charge in [-0.05, 0) is 49.7 Å². The van der Waals surface area contributed by atoms with Crippen LogP contribution in [0.4, 0.5) is 5.69 Å². The molecule has 2 aromatic carbocycles. The predicted molar refractivity (Wildman–Crippen MR) is 103 cm³/mol. The summed E-state index contributed by atoms with van der Waals surface area (Å²) in [6, 6.07) is 14.4. The van der Waals surface area contributed by atoms with E-state index in [9.17, 15) is 10.1 Å². The number of likely N-dealkylation sites (tertiary alicyclic amines) is 1. The van der Waals surface area contributed by atoms with Gasteiger partial charge < -0.3 is 14.6 Å². The maximum atomic E-state index is 11.0. The molecule has 2 heterocycles. The third-order valence-corrected chi connectivity index (χ3v) is 5.06. The Bertz CT molecular complexity index is 897. The topological polar surface area (TPSA) is 84.3 Å². The minimum absolute atomic E-state index is 0.0707. The van der Waals surface area contributed by atoms with E-state index >= 15 is 0 Å². The van der Waals surface area contributed by atoms with E-state index in [-0.39, 0.29) is 17.9 Å². The molecule has 0 radical (unpaired) electrons. The molecule has 0 bridgehead atoms. The van der Waals surface area contributed by atoms with Gasteiger partial charge in [0.15, 0.2) is 0 Å². The van der Waals surface area contributed by atoms with Crippen LogP contribution in [0.15, 0.2) is 48.5 Å². The number of nitro groups is 1. The Balaban J connectivity index is 1.66. The Morgan fingerprint density at radius 1 is 1.19 bits per heavy atom. The molecule has 1 unspecified atom stereocenters. The van der Waals surface area contributed by atoms with E-state index in [1.807, 2.05) is 24.3 Å². The van der Waals surface area contributed by atoms with Gasteiger partial charge in [0.1, 0.15) is 11.9 Å². The number of aromatic nitrogens is 2. The van der Waals surface area contributed by atoms with Crippen molar-refractivity contribution in [1.82, 2.24) is 14.9 Å². The molecule has 1 saturated heterocycles. The van der Waals surface area contributed by atoms with Crippen LogP contribution in [0.2, 0.25) is 0 Å². The second kappa shape index (κ2) is 7.46. The Labute approximate surface area is 157 Å². The fourth-order valence-corrected chi connectivity index (χ4v) is 3.48. The molecule has 7 heteroatoms. The number of non-ortho nitro benzene ring substituents is 1. The van der Waals surface area contributed by atoms with Gasteiger partial charge in [-0.3, -0.25) is 10.1 Å². The summed E-state index contributed by atoms with van der Waals surface area (Å²) >= 11 is 0.